The number of fused-ring (bicyclic) bond motifs is 15. The zero-order valence-electron chi connectivity index (χ0n) is 36.5. The molecule has 0 atom stereocenters. The summed E-state index contributed by atoms with van der Waals surface area (Å²) in [4.78, 5) is 2.54. The van der Waals surface area contributed by atoms with Crippen molar-refractivity contribution < 1.29 is 4.42 Å². The summed E-state index contributed by atoms with van der Waals surface area (Å²) < 4.78 is 7.13. The molecule has 12 aromatic rings. The van der Waals surface area contributed by atoms with Gasteiger partial charge in [0.2, 0.25) is 0 Å². The van der Waals surface area contributed by atoms with E-state index in [0.717, 1.165) is 60.9 Å². The second-order valence-electron chi connectivity index (χ2n) is 17.8. The molecular formula is C65H41NO. The first-order valence-electron chi connectivity index (χ1n) is 23.2. The average Bonchev–Trinajstić information content (AvgIpc) is 4.04. The van der Waals surface area contributed by atoms with Gasteiger partial charge in [-0.15, -0.1) is 0 Å². The van der Waals surface area contributed by atoms with E-state index in [9.17, 15) is 0 Å². The Morgan fingerprint density at radius 2 is 0.776 bits per heavy atom. The van der Waals surface area contributed by atoms with Crippen LogP contribution in [0.2, 0.25) is 0 Å². The van der Waals surface area contributed by atoms with Gasteiger partial charge in [0.25, 0.3) is 0 Å². The Morgan fingerprint density at radius 1 is 0.299 bits per heavy atom. The second kappa shape index (κ2) is 14.7. The van der Waals surface area contributed by atoms with E-state index in [1.165, 1.54) is 66.8 Å². The van der Waals surface area contributed by atoms with Crippen molar-refractivity contribution in [1.29, 1.82) is 0 Å². The fraction of sp³-hybridized carbons (Fsp3) is 0.0154. The SMILES string of the molecule is c1ccc(-c2ccccc2-c2cc3c(oc4cccc(N(c5ccccc5-c5ccccc5)c5cccc6c5-c5ccccc5C65c6ccccc6-c6ccccc65)c43)c3ccccc23)cc1. The third-order valence-corrected chi connectivity index (χ3v) is 14.5. The van der Waals surface area contributed by atoms with Crippen LogP contribution in [0.3, 0.4) is 0 Å². The molecule has 312 valence electrons. The van der Waals surface area contributed by atoms with Crippen LogP contribution in [-0.4, -0.2) is 0 Å². The summed E-state index contributed by atoms with van der Waals surface area (Å²) in [5, 5.41) is 4.39. The van der Waals surface area contributed by atoms with Crippen molar-refractivity contribution in [3.63, 3.8) is 0 Å². The number of para-hydroxylation sites is 1. The van der Waals surface area contributed by atoms with E-state index < -0.39 is 5.41 Å². The van der Waals surface area contributed by atoms with Gasteiger partial charge in [-0.05, 0) is 102 Å². The summed E-state index contributed by atoms with van der Waals surface area (Å²) >= 11 is 0. The zero-order valence-corrected chi connectivity index (χ0v) is 36.5. The normalized spacial score (nSPS) is 12.9. The maximum Gasteiger partial charge on any atom is 0.143 e. The van der Waals surface area contributed by atoms with E-state index in [-0.39, 0.29) is 0 Å². The van der Waals surface area contributed by atoms with E-state index in [1.807, 2.05) is 0 Å². The molecule has 0 aliphatic heterocycles. The predicted octanol–water partition coefficient (Wildman–Crippen LogP) is 17.6. The standard InChI is InChI=1S/C65H41NO/c1-3-21-42(22-4-1)44-25-7-8-27-46(44)52-41-53-63-60(39-20-40-61(63)67-64(53)50-31-10-9-28-47(50)52)66(58-37-18-14-26-45(58)43-23-5-2-6-24-43)59-38-19-36-57-62(59)51-32-13-17-35-56(51)65(57)54-33-15-11-29-48(54)49-30-12-16-34-55(49)65/h1-41H. The highest BCUT2D eigenvalue weighted by Gasteiger charge is 2.52. The molecule has 0 radical (unpaired) electrons. The van der Waals surface area contributed by atoms with Crippen molar-refractivity contribution >= 4 is 49.8 Å². The number of benzene rings is 11. The van der Waals surface area contributed by atoms with Crippen LogP contribution in [0.25, 0.3) is 88.3 Å². The van der Waals surface area contributed by atoms with Crippen molar-refractivity contribution in [3.8, 4) is 55.6 Å². The molecule has 2 aliphatic rings. The van der Waals surface area contributed by atoms with E-state index in [4.69, 9.17) is 4.42 Å². The Labute approximate surface area is 389 Å². The fourth-order valence-electron chi connectivity index (χ4n) is 11.9. The lowest BCUT2D eigenvalue weighted by Gasteiger charge is -2.32. The summed E-state index contributed by atoms with van der Waals surface area (Å²) in [7, 11) is 0. The lowest BCUT2D eigenvalue weighted by Crippen LogP contribution is -2.26. The molecule has 1 heterocycles. The molecular weight excluding hydrogens is 811 g/mol. The third kappa shape index (κ3) is 5.33. The van der Waals surface area contributed by atoms with Crippen LogP contribution < -0.4 is 4.90 Å². The lowest BCUT2D eigenvalue weighted by molar-refractivity contribution is 0.672. The number of anilines is 3. The molecule has 0 unspecified atom stereocenters. The Balaban J connectivity index is 1.11. The topological polar surface area (TPSA) is 16.4 Å². The Morgan fingerprint density at radius 3 is 1.48 bits per heavy atom. The minimum atomic E-state index is -0.492. The quantitative estimate of drug-likeness (QED) is 0.166. The summed E-state index contributed by atoms with van der Waals surface area (Å²) in [6, 6.07) is 91.2. The highest BCUT2D eigenvalue weighted by Crippen LogP contribution is 2.65. The van der Waals surface area contributed by atoms with Crippen molar-refractivity contribution in [1.82, 2.24) is 0 Å². The van der Waals surface area contributed by atoms with Gasteiger partial charge in [-0.2, -0.15) is 0 Å². The van der Waals surface area contributed by atoms with Crippen LogP contribution in [0.4, 0.5) is 17.1 Å². The lowest BCUT2D eigenvalue weighted by atomic mass is 9.70. The molecule has 0 amide bonds. The van der Waals surface area contributed by atoms with Gasteiger partial charge in [-0.3, -0.25) is 0 Å². The minimum Gasteiger partial charge on any atom is -0.455 e. The number of furan rings is 1. The predicted molar refractivity (Wildman–Crippen MR) is 279 cm³/mol. The Kier molecular flexibility index (Phi) is 8.23. The van der Waals surface area contributed by atoms with Gasteiger partial charge >= 0.3 is 0 Å². The molecule has 14 rings (SSSR count). The highest BCUT2D eigenvalue weighted by atomic mass is 16.3. The summed E-state index contributed by atoms with van der Waals surface area (Å²) in [6.07, 6.45) is 0. The molecule has 0 saturated carbocycles. The second-order valence-corrected chi connectivity index (χ2v) is 17.8. The van der Waals surface area contributed by atoms with Gasteiger partial charge in [0.15, 0.2) is 0 Å². The van der Waals surface area contributed by atoms with Gasteiger partial charge in [-0.25, -0.2) is 0 Å². The van der Waals surface area contributed by atoms with Crippen LogP contribution in [0, 0.1) is 0 Å². The molecule has 0 bridgehead atoms. The Bertz CT molecular complexity index is 3890. The zero-order chi connectivity index (χ0) is 44.1. The van der Waals surface area contributed by atoms with Crippen LogP contribution in [-0.2, 0) is 5.41 Å². The first-order chi connectivity index (χ1) is 33.3. The number of hydrogen-bond donors (Lipinski definition) is 0. The smallest absolute Gasteiger partial charge is 0.143 e. The van der Waals surface area contributed by atoms with E-state index in [2.05, 4.69) is 254 Å². The maximum atomic E-state index is 7.13. The first-order valence-corrected chi connectivity index (χ1v) is 23.2. The Hall–Kier alpha value is -8.72. The van der Waals surface area contributed by atoms with Gasteiger partial charge in [0.1, 0.15) is 11.2 Å². The summed E-state index contributed by atoms with van der Waals surface area (Å²) in [5.41, 5.74) is 21.9. The molecule has 0 N–H and O–H groups in total. The molecule has 1 aromatic heterocycles. The summed E-state index contributed by atoms with van der Waals surface area (Å²) in [6.45, 7) is 0. The van der Waals surface area contributed by atoms with Crippen LogP contribution in [0.1, 0.15) is 22.3 Å². The molecule has 67 heavy (non-hydrogen) atoms. The average molecular weight is 852 g/mol. The fourth-order valence-corrected chi connectivity index (χ4v) is 11.9. The molecule has 2 heteroatoms. The molecule has 11 aromatic carbocycles. The molecule has 0 saturated heterocycles. The van der Waals surface area contributed by atoms with Crippen LogP contribution in [0.15, 0.2) is 253 Å². The van der Waals surface area contributed by atoms with Crippen molar-refractivity contribution in [3.05, 3.63) is 271 Å². The third-order valence-electron chi connectivity index (χ3n) is 14.5. The van der Waals surface area contributed by atoms with Gasteiger partial charge in [0, 0.05) is 21.9 Å². The summed E-state index contributed by atoms with van der Waals surface area (Å²) in [5.74, 6) is 0. The van der Waals surface area contributed by atoms with Gasteiger partial charge in [0.05, 0.1) is 27.9 Å². The minimum absolute atomic E-state index is 0.492. The monoisotopic (exact) mass is 851 g/mol. The van der Waals surface area contributed by atoms with Crippen LogP contribution in [0.5, 0.6) is 0 Å². The van der Waals surface area contributed by atoms with Gasteiger partial charge in [-0.1, -0.05) is 218 Å². The maximum absolute atomic E-state index is 7.13. The van der Waals surface area contributed by atoms with E-state index in [1.54, 1.807) is 0 Å². The van der Waals surface area contributed by atoms with Crippen molar-refractivity contribution in [2.75, 3.05) is 4.90 Å². The highest BCUT2D eigenvalue weighted by molar-refractivity contribution is 6.23. The molecule has 2 nitrogen and oxygen atoms in total. The number of nitrogens with zero attached hydrogens (tertiary/aromatic N) is 1. The molecule has 2 aliphatic carbocycles. The van der Waals surface area contributed by atoms with E-state index in [0.29, 0.717) is 0 Å². The number of rotatable bonds is 6. The first kappa shape index (κ1) is 37.6. The number of hydrogen-bond acceptors (Lipinski definition) is 2. The van der Waals surface area contributed by atoms with Crippen molar-refractivity contribution in [2.45, 2.75) is 5.41 Å². The van der Waals surface area contributed by atoms with Crippen molar-refractivity contribution in [2.24, 2.45) is 0 Å². The van der Waals surface area contributed by atoms with Gasteiger partial charge < -0.3 is 9.32 Å². The van der Waals surface area contributed by atoms with E-state index >= 15 is 0 Å². The molecule has 0 fully saturated rings. The molecule has 1 spiro atoms. The largest absolute Gasteiger partial charge is 0.455 e. The van der Waals surface area contributed by atoms with Crippen LogP contribution >= 0.6 is 0 Å².